The van der Waals surface area contributed by atoms with Gasteiger partial charge in [0.1, 0.15) is 28.7 Å². The molecular formula is C72H58N8O12. The first-order valence-electron chi connectivity index (χ1n) is 29.4. The van der Waals surface area contributed by atoms with Gasteiger partial charge < -0.3 is 59.0 Å². The van der Waals surface area contributed by atoms with E-state index in [2.05, 4.69) is 39.9 Å². The van der Waals surface area contributed by atoms with Gasteiger partial charge in [0.15, 0.2) is 29.3 Å². The molecule has 9 heterocycles. The lowest BCUT2D eigenvalue weighted by molar-refractivity contribution is 0.0997. The van der Waals surface area contributed by atoms with Crippen molar-refractivity contribution in [3.05, 3.63) is 243 Å². The summed E-state index contributed by atoms with van der Waals surface area (Å²) >= 11 is 0. The summed E-state index contributed by atoms with van der Waals surface area (Å²) in [6, 6.07) is 52.0. The summed E-state index contributed by atoms with van der Waals surface area (Å²) in [5, 5.41) is 40.6. The number of fused-ring (bicyclic) bond motifs is 4. The van der Waals surface area contributed by atoms with Crippen LogP contribution >= 0.6 is 0 Å². The monoisotopic (exact) mass is 1230 g/mol. The Hall–Kier alpha value is -12.3. The summed E-state index contributed by atoms with van der Waals surface area (Å²) in [5.74, 6) is 2.60. The topological polar surface area (TPSA) is 303 Å². The molecule has 0 aliphatic carbocycles. The lowest BCUT2D eigenvalue weighted by Crippen LogP contribution is -1.99. The van der Waals surface area contributed by atoms with Crippen molar-refractivity contribution in [3.8, 4) is 86.2 Å². The molecular weight excluding hydrogens is 1170 g/mol. The highest BCUT2D eigenvalue weighted by atomic mass is 16.5. The van der Waals surface area contributed by atoms with Crippen LogP contribution in [0.5, 0.6) is 52.3 Å². The second-order valence-corrected chi connectivity index (χ2v) is 21.3. The maximum Gasteiger partial charge on any atom is 0.280 e. The number of aliphatic imine (C=N–C) groups is 4. The highest BCUT2D eigenvalue weighted by Crippen LogP contribution is 2.42. The van der Waals surface area contributed by atoms with Crippen LogP contribution in [-0.4, -0.2) is 93.9 Å². The number of aromatic amines is 4. The van der Waals surface area contributed by atoms with Crippen LogP contribution in [0.4, 0.5) is 0 Å². The van der Waals surface area contributed by atoms with Crippen molar-refractivity contribution in [2.45, 2.75) is 47.0 Å². The summed E-state index contributed by atoms with van der Waals surface area (Å²) in [6.07, 6.45) is 3.47. The fourth-order valence-electron chi connectivity index (χ4n) is 11.1. The van der Waals surface area contributed by atoms with E-state index in [1.807, 2.05) is 173 Å². The van der Waals surface area contributed by atoms with Crippen LogP contribution in [0.1, 0.15) is 120 Å². The standard InChI is InChI=1S/C30H20N2O4.C20H16N2O3.C12H10N2O3.C10H12N2O2/c33-29-25-26(28(32-29)20-13-17-24(18-14-20)36-22-9-5-2-6-10-22)30(34)31-27(25)19-11-15-23(16-12-19)35-21-7-3-1-4-8-21;1-11-3-5-12(6-4-11)17-15-16(20(24)21-17)18(22-19(15)23)13-7-9-14(25-2)10-8-13;1-2-6-8-9(12(16)13-6)10(14-11(8)15)7-4-3-5-17-7;1-3-5-7-8(10(14)11-5)6(4-2)12-9(7)13/h1-18,31,34H;3-10,22-23H,1-2H3;3-5,14-15H,2H2,1H3;11,14H,3-4H2,1-2H3. The van der Waals surface area contributed by atoms with Gasteiger partial charge in [0.05, 0.1) is 97.8 Å². The molecule has 4 aliphatic rings. The number of hydrogen-bond donors (Lipinski definition) is 8. The molecule has 0 atom stereocenters. The number of hydrogen-bond acceptors (Lipinski definition) is 12. The van der Waals surface area contributed by atoms with E-state index in [1.54, 1.807) is 31.4 Å². The number of methoxy groups -OCH3 is 1. The molecule has 0 unspecified atom stereocenters. The Balaban J connectivity index is 0.000000126. The van der Waals surface area contributed by atoms with E-state index in [4.69, 9.17) is 18.6 Å². The Morgan fingerprint density at radius 3 is 1.21 bits per heavy atom. The van der Waals surface area contributed by atoms with Gasteiger partial charge in [-0.1, -0.05) is 87.0 Å². The van der Waals surface area contributed by atoms with Crippen LogP contribution in [0.3, 0.4) is 0 Å². The summed E-state index contributed by atoms with van der Waals surface area (Å²) in [7, 11) is 1.60. The maximum atomic E-state index is 12.9. The van der Waals surface area contributed by atoms with Crippen molar-refractivity contribution in [3.63, 3.8) is 0 Å². The Kier molecular flexibility index (Phi) is 16.6. The quantitative estimate of drug-likeness (QED) is 0.0534. The fraction of sp³-hybridized carbons (Fsp3) is 0.111. The van der Waals surface area contributed by atoms with E-state index in [0.29, 0.717) is 127 Å². The maximum absolute atomic E-state index is 12.9. The van der Waals surface area contributed by atoms with Gasteiger partial charge in [-0.3, -0.25) is 19.2 Å². The Bertz CT molecular complexity index is 4760. The molecule has 20 heteroatoms. The van der Waals surface area contributed by atoms with Crippen molar-refractivity contribution in [2.75, 3.05) is 7.11 Å². The largest absolute Gasteiger partial charge is 0.497 e. The molecule has 0 saturated carbocycles. The predicted molar refractivity (Wildman–Crippen MR) is 347 cm³/mol. The minimum Gasteiger partial charge on any atom is -0.497 e. The summed E-state index contributed by atoms with van der Waals surface area (Å²) in [6.45, 7) is 7.73. The zero-order valence-electron chi connectivity index (χ0n) is 50.2. The van der Waals surface area contributed by atoms with Crippen LogP contribution in [0, 0.1) is 6.92 Å². The number of H-pyrrole nitrogens is 4. The number of amides is 4. The number of aromatic hydroxyl groups is 4. The zero-order chi connectivity index (χ0) is 64.3. The molecule has 4 amide bonds. The number of benzene rings is 6. The first kappa shape index (κ1) is 60.0. The Morgan fingerprint density at radius 1 is 0.380 bits per heavy atom. The van der Waals surface area contributed by atoms with Crippen LogP contribution in [0.25, 0.3) is 34.0 Å². The van der Waals surface area contributed by atoms with Crippen molar-refractivity contribution >= 4 is 46.5 Å². The zero-order valence-corrected chi connectivity index (χ0v) is 50.2. The second kappa shape index (κ2) is 25.4. The molecule has 0 spiro atoms. The number of aryl methyl sites for hydroxylation is 2. The smallest absolute Gasteiger partial charge is 0.280 e. The third-order valence-electron chi connectivity index (χ3n) is 15.5. The van der Waals surface area contributed by atoms with Gasteiger partial charge in [-0.2, -0.15) is 0 Å². The van der Waals surface area contributed by atoms with Crippen molar-refractivity contribution in [1.82, 2.24) is 19.9 Å². The third kappa shape index (κ3) is 11.6. The first-order valence-corrected chi connectivity index (χ1v) is 29.4. The normalized spacial score (nSPS) is 13.1. The van der Waals surface area contributed by atoms with Gasteiger partial charge >= 0.3 is 0 Å². The summed E-state index contributed by atoms with van der Waals surface area (Å²) < 4.78 is 22.1. The highest BCUT2D eigenvalue weighted by molar-refractivity contribution is 6.31. The predicted octanol–water partition coefficient (Wildman–Crippen LogP) is 14.6. The van der Waals surface area contributed by atoms with E-state index in [9.17, 15) is 39.6 Å². The molecule has 0 fully saturated rings. The molecule has 0 saturated heterocycles. The van der Waals surface area contributed by atoms with E-state index in [-0.39, 0.29) is 41.2 Å². The fourth-order valence-corrected chi connectivity index (χ4v) is 11.1. The number of nitrogens with one attached hydrogen (secondary N) is 4. The number of nitrogens with zero attached hydrogens (tertiary/aromatic N) is 4. The second-order valence-electron chi connectivity index (χ2n) is 21.3. The van der Waals surface area contributed by atoms with Crippen LogP contribution in [-0.2, 0) is 6.42 Å². The van der Waals surface area contributed by atoms with Crippen LogP contribution in [0.15, 0.2) is 201 Å². The van der Waals surface area contributed by atoms with Crippen LogP contribution < -0.4 is 14.2 Å². The molecule has 20 nitrogen and oxygen atoms in total. The number of ether oxygens (including phenoxy) is 3. The molecule has 92 heavy (non-hydrogen) atoms. The van der Waals surface area contributed by atoms with Gasteiger partial charge in [0.25, 0.3) is 23.6 Å². The van der Waals surface area contributed by atoms with E-state index >= 15 is 0 Å². The number of aromatic nitrogens is 4. The van der Waals surface area contributed by atoms with Crippen molar-refractivity contribution < 1.29 is 58.2 Å². The van der Waals surface area contributed by atoms with E-state index in [0.717, 1.165) is 45.2 Å². The Morgan fingerprint density at radius 2 is 0.761 bits per heavy atom. The van der Waals surface area contributed by atoms with Crippen LogP contribution in [0.2, 0.25) is 0 Å². The molecule has 5 aromatic heterocycles. The van der Waals surface area contributed by atoms with Gasteiger partial charge in [-0.15, -0.1) is 0 Å². The van der Waals surface area contributed by atoms with Gasteiger partial charge in [-0.05, 0) is 147 Å². The van der Waals surface area contributed by atoms with Gasteiger partial charge in [-0.25, -0.2) is 20.0 Å². The number of furan rings is 1. The molecule has 458 valence electrons. The Labute approximate surface area is 525 Å². The summed E-state index contributed by atoms with van der Waals surface area (Å²) in [5.41, 5.74) is 12.4. The molecule has 4 aliphatic heterocycles. The molecule has 15 rings (SSSR count). The van der Waals surface area contributed by atoms with E-state index < -0.39 is 5.91 Å². The first-order chi connectivity index (χ1) is 44.6. The SMILES string of the molecule is CCC1=NC(=O)c2c(-c3ccco3)[nH]c(O)c21.CCC1=NC(=O)c2c(CC)[nH]c(O)c21.COc1ccc(-c2[nH]c(O)c3c2C(=O)N=C3c2ccc(C)cc2)cc1.O=C1N=C(c2ccc(Oc3ccccc3)cc2)c2c(O)[nH]c(-c3ccc(Oc4ccccc4)cc3)c21. The lowest BCUT2D eigenvalue weighted by atomic mass is 9.99. The molecule has 0 radical (unpaired) electrons. The third-order valence-corrected chi connectivity index (χ3v) is 15.5. The highest BCUT2D eigenvalue weighted by Gasteiger charge is 2.36. The van der Waals surface area contributed by atoms with Crippen molar-refractivity contribution in [1.29, 1.82) is 0 Å². The van der Waals surface area contributed by atoms with Gasteiger partial charge in [0.2, 0.25) is 0 Å². The number of rotatable bonds is 13. The minimum absolute atomic E-state index is 0.0298. The van der Waals surface area contributed by atoms with Gasteiger partial charge in [0, 0.05) is 16.8 Å². The molecule has 0 bridgehead atoms. The van der Waals surface area contributed by atoms with Crippen molar-refractivity contribution in [2.24, 2.45) is 20.0 Å². The minimum atomic E-state index is -0.402. The number of carbonyl (C=O) groups is 4. The molecule has 11 aromatic rings. The average molecular weight is 1230 g/mol. The molecule has 8 N–H and O–H groups in total. The number of carbonyl (C=O) groups excluding carboxylic acids is 4. The lowest BCUT2D eigenvalue weighted by Gasteiger charge is -2.07. The average Bonchev–Trinajstić information content (AvgIpc) is 1.62. The number of para-hydroxylation sites is 2. The van der Waals surface area contributed by atoms with E-state index in [1.165, 1.54) is 6.26 Å². The molecule has 6 aromatic carbocycles. The summed E-state index contributed by atoms with van der Waals surface area (Å²) in [4.78, 5) is 76.4.